The van der Waals surface area contributed by atoms with Crippen LogP contribution >= 0.6 is 15.9 Å². The molecule has 0 unspecified atom stereocenters. The van der Waals surface area contributed by atoms with Gasteiger partial charge < -0.3 is 5.32 Å². The third-order valence-corrected chi connectivity index (χ3v) is 6.77. The van der Waals surface area contributed by atoms with Crippen LogP contribution in [0.4, 0.5) is 4.39 Å². The summed E-state index contributed by atoms with van der Waals surface area (Å²) in [4.78, 5) is 12.9. The summed E-state index contributed by atoms with van der Waals surface area (Å²) < 4.78 is 42.2. The van der Waals surface area contributed by atoms with Gasteiger partial charge in [-0.3, -0.25) is 4.79 Å². The van der Waals surface area contributed by atoms with E-state index in [4.69, 9.17) is 0 Å². The Balaban J connectivity index is 1.82. The predicted octanol–water partition coefficient (Wildman–Crippen LogP) is 4.36. The largest absolute Gasteiger partial charge is 0.348 e. The monoisotopic (exact) mass is 504 g/mol. The number of rotatable bonds is 8. The number of sulfonamides is 1. The Morgan fingerprint density at radius 2 is 1.58 bits per heavy atom. The average molecular weight is 505 g/mol. The number of amides is 1. The summed E-state index contributed by atoms with van der Waals surface area (Å²) in [5.74, 6) is -0.995. The van der Waals surface area contributed by atoms with Gasteiger partial charge in [-0.05, 0) is 60.9 Å². The Hall–Kier alpha value is -2.55. The Morgan fingerprint density at radius 1 is 0.968 bits per heavy atom. The number of nitrogens with one attached hydrogen (secondary N) is 2. The van der Waals surface area contributed by atoms with Crippen molar-refractivity contribution in [2.24, 2.45) is 0 Å². The third kappa shape index (κ3) is 6.46. The number of carbonyl (C=O) groups excluding carboxylic acids is 1. The van der Waals surface area contributed by atoms with Crippen LogP contribution in [0.2, 0.25) is 0 Å². The first-order chi connectivity index (χ1) is 14.7. The second-order valence-corrected chi connectivity index (χ2v) is 9.73. The molecular weight excluding hydrogens is 483 g/mol. The maximum absolute atomic E-state index is 13.2. The minimum Gasteiger partial charge on any atom is -0.348 e. The van der Waals surface area contributed by atoms with Gasteiger partial charge in [0.1, 0.15) is 11.9 Å². The first-order valence-electron chi connectivity index (χ1n) is 9.62. The van der Waals surface area contributed by atoms with Crippen LogP contribution < -0.4 is 10.0 Å². The van der Waals surface area contributed by atoms with E-state index in [1.54, 1.807) is 0 Å². The van der Waals surface area contributed by atoms with E-state index in [2.05, 4.69) is 26.0 Å². The first-order valence-corrected chi connectivity index (χ1v) is 11.9. The Kier molecular flexibility index (Phi) is 7.59. The highest BCUT2D eigenvalue weighted by molar-refractivity contribution is 9.10. The van der Waals surface area contributed by atoms with Crippen molar-refractivity contribution in [2.45, 2.75) is 30.3 Å². The van der Waals surface area contributed by atoms with Crippen LogP contribution in [-0.2, 0) is 21.2 Å². The molecule has 0 spiro atoms. The van der Waals surface area contributed by atoms with Gasteiger partial charge in [0.25, 0.3) is 0 Å². The van der Waals surface area contributed by atoms with E-state index in [0.717, 1.165) is 27.7 Å². The lowest BCUT2D eigenvalue weighted by Crippen LogP contribution is -2.48. The molecule has 0 fully saturated rings. The lowest BCUT2D eigenvalue weighted by atomic mass is 10.0. The second-order valence-electron chi connectivity index (χ2n) is 7.10. The highest BCUT2D eigenvalue weighted by atomic mass is 79.9. The van der Waals surface area contributed by atoms with Crippen molar-refractivity contribution in [1.82, 2.24) is 10.0 Å². The zero-order valence-corrected chi connectivity index (χ0v) is 19.2. The summed E-state index contributed by atoms with van der Waals surface area (Å²) in [6, 6.07) is 19.7. The molecule has 8 heteroatoms. The van der Waals surface area contributed by atoms with Crippen molar-refractivity contribution in [3.8, 4) is 0 Å². The molecule has 3 rings (SSSR count). The van der Waals surface area contributed by atoms with Crippen LogP contribution in [-0.4, -0.2) is 20.4 Å². The van der Waals surface area contributed by atoms with Crippen LogP contribution in [0, 0.1) is 5.82 Å². The van der Waals surface area contributed by atoms with Gasteiger partial charge in [0, 0.05) is 4.47 Å². The highest BCUT2D eigenvalue weighted by Crippen LogP contribution is 2.18. The van der Waals surface area contributed by atoms with Crippen LogP contribution in [0.3, 0.4) is 0 Å². The minimum absolute atomic E-state index is 0.110. The SMILES string of the molecule is C[C@@H](NC(=O)[C@@H](Cc1ccccc1)NS(=O)(=O)c1ccc(F)cc1)c1ccc(Br)cc1. The number of hydrogen-bond acceptors (Lipinski definition) is 3. The van der Waals surface area contributed by atoms with Crippen molar-refractivity contribution < 1.29 is 17.6 Å². The van der Waals surface area contributed by atoms with Crippen LogP contribution in [0.1, 0.15) is 24.1 Å². The molecule has 0 saturated carbocycles. The Labute approximate surface area is 189 Å². The zero-order valence-electron chi connectivity index (χ0n) is 16.8. The van der Waals surface area contributed by atoms with Gasteiger partial charge in [-0.2, -0.15) is 4.72 Å². The van der Waals surface area contributed by atoms with Crippen molar-refractivity contribution in [3.05, 3.63) is 100 Å². The predicted molar refractivity (Wildman–Crippen MR) is 121 cm³/mol. The first kappa shape index (κ1) is 23.1. The minimum atomic E-state index is -4.03. The van der Waals surface area contributed by atoms with Gasteiger partial charge in [0.05, 0.1) is 10.9 Å². The molecule has 0 aliphatic heterocycles. The molecule has 0 aromatic heterocycles. The molecular formula is C23H22BrFN2O3S. The summed E-state index contributed by atoms with van der Waals surface area (Å²) in [6.45, 7) is 1.83. The lowest BCUT2D eigenvalue weighted by molar-refractivity contribution is -0.123. The molecule has 1 amide bonds. The van der Waals surface area contributed by atoms with Crippen molar-refractivity contribution >= 4 is 31.9 Å². The third-order valence-electron chi connectivity index (χ3n) is 4.75. The molecule has 31 heavy (non-hydrogen) atoms. The van der Waals surface area contributed by atoms with Gasteiger partial charge in [-0.1, -0.05) is 58.4 Å². The second kappa shape index (κ2) is 10.2. The quantitative estimate of drug-likeness (QED) is 0.478. The van der Waals surface area contributed by atoms with Gasteiger partial charge in [0.15, 0.2) is 0 Å². The average Bonchev–Trinajstić information content (AvgIpc) is 2.74. The van der Waals surface area contributed by atoms with Gasteiger partial charge in [0.2, 0.25) is 15.9 Å². The van der Waals surface area contributed by atoms with Gasteiger partial charge >= 0.3 is 0 Å². The van der Waals surface area contributed by atoms with Gasteiger partial charge in [-0.15, -0.1) is 0 Å². The normalized spacial score (nSPS) is 13.4. The summed E-state index contributed by atoms with van der Waals surface area (Å²) in [6.07, 6.45) is 0.167. The van der Waals surface area contributed by atoms with E-state index in [1.165, 1.54) is 12.1 Å². The van der Waals surface area contributed by atoms with E-state index in [-0.39, 0.29) is 17.4 Å². The number of hydrogen-bond donors (Lipinski definition) is 2. The van der Waals surface area contributed by atoms with Crippen molar-refractivity contribution in [1.29, 1.82) is 0 Å². The summed E-state index contributed by atoms with van der Waals surface area (Å²) >= 11 is 3.38. The molecule has 2 atom stereocenters. The smallest absolute Gasteiger partial charge is 0.241 e. The molecule has 0 saturated heterocycles. The fraction of sp³-hybridized carbons (Fsp3) is 0.174. The summed E-state index contributed by atoms with van der Waals surface area (Å²) in [5, 5.41) is 2.88. The molecule has 2 N–H and O–H groups in total. The fourth-order valence-corrected chi connectivity index (χ4v) is 4.52. The molecule has 5 nitrogen and oxygen atoms in total. The Morgan fingerprint density at radius 3 is 2.19 bits per heavy atom. The standard InChI is InChI=1S/C23H22BrFN2O3S/c1-16(18-7-9-19(24)10-8-18)26-23(28)22(15-17-5-3-2-4-6-17)27-31(29,30)21-13-11-20(25)12-14-21/h2-14,16,22,27H,15H2,1H3,(H,26,28)/t16-,22-/m1/s1. The van der Waals surface area contributed by atoms with E-state index < -0.39 is 27.8 Å². The lowest BCUT2D eigenvalue weighted by Gasteiger charge is -2.22. The molecule has 3 aromatic carbocycles. The van der Waals surface area contributed by atoms with Crippen LogP contribution in [0.5, 0.6) is 0 Å². The van der Waals surface area contributed by atoms with Crippen LogP contribution in [0.25, 0.3) is 0 Å². The van der Waals surface area contributed by atoms with E-state index in [1.807, 2.05) is 61.5 Å². The van der Waals surface area contributed by atoms with E-state index in [9.17, 15) is 17.6 Å². The number of halogens is 2. The van der Waals surface area contributed by atoms with Crippen molar-refractivity contribution in [2.75, 3.05) is 0 Å². The molecule has 0 aliphatic rings. The molecule has 0 aliphatic carbocycles. The van der Waals surface area contributed by atoms with Crippen molar-refractivity contribution in [3.63, 3.8) is 0 Å². The molecule has 0 bridgehead atoms. The molecule has 0 heterocycles. The maximum Gasteiger partial charge on any atom is 0.241 e. The summed E-state index contributed by atoms with van der Waals surface area (Å²) in [7, 11) is -4.03. The maximum atomic E-state index is 13.2. The van der Waals surface area contributed by atoms with E-state index in [0.29, 0.717) is 0 Å². The Bertz CT molecular complexity index is 1120. The number of carbonyl (C=O) groups is 1. The highest BCUT2D eigenvalue weighted by Gasteiger charge is 2.27. The molecule has 162 valence electrons. The molecule has 3 aromatic rings. The fourth-order valence-electron chi connectivity index (χ4n) is 3.06. The van der Waals surface area contributed by atoms with Crippen LogP contribution in [0.15, 0.2) is 88.2 Å². The summed E-state index contributed by atoms with van der Waals surface area (Å²) in [5.41, 5.74) is 1.69. The number of benzene rings is 3. The zero-order chi connectivity index (χ0) is 22.4. The molecule has 0 radical (unpaired) electrons. The van der Waals surface area contributed by atoms with E-state index >= 15 is 0 Å². The van der Waals surface area contributed by atoms with Gasteiger partial charge in [-0.25, -0.2) is 12.8 Å². The topological polar surface area (TPSA) is 75.3 Å².